The van der Waals surface area contributed by atoms with Crippen molar-refractivity contribution in [3.8, 4) is 0 Å². The number of aryl methyl sites for hydroxylation is 1. The van der Waals surface area contributed by atoms with Gasteiger partial charge in [0.25, 0.3) is 0 Å². The summed E-state index contributed by atoms with van der Waals surface area (Å²) < 4.78 is 13.5. The lowest BCUT2D eigenvalue weighted by molar-refractivity contribution is 0.104. The lowest BCUT2D eigenvalue weighted by atomic mass is 9.87. The summed E-state index contributed by atoms with van der Waals surface area (Å²) in [7, 11) is 2.07. The molecule has 20 heavy (non-hydrogen) atoms. The molecule has 0 radical (unpaired) electrons. The molecule has 1 aromatic carbocycles. The van der Waals surface area contributed by atoms with E-state index in [1.807, 2.05) is 0 Å². The van der Waals surface area contributed by atoms with Crippen molar-refractivity contribution in [2.24, 2.45) is 5.41 Å². The molecule has 2 atom stereocenters. The van der Waals surface area contributed by atoms with Gasteiger partial charge in [-0.25, -0.2) is 4.39 Å². The van der Waals surface area contributed by atoms with Crippen molar-refractivity contribution in [2.75, 3.05) is 13.6 Å². The third-order valence-corrected chi connectivity index (χ3v) is 4.25. The second-order valence-electron chi connectivity index (χ2n) is 6.84. The first-order valence-corrected chi connectivity index (χ1v) is 7.27. The molecule has 0 saturated heterocycles. The molecular weight excluding hydrogens is 253 g/mol. The molecule has 0 spiro atoms. The SMILES string of the molecule is Cc1ccc(C(O)CCN(C)C(C)C(C)(C)C)cc1F. The van der Waals surface area contributed by atoms with Crippen molar-refractivity contribution in [3.63, 3.8) is 0 Å². The fourth-order valence-electron chi connectivity index (χ4n) is 2.16. The van der Waals surface area contributed by atoms with Crippen LogP contribution in [0.5, 0.6) is 0 Å². The van der Waals surface area contributed by atoms with E-state index in [0.29, 0.717) is 23.6 Å². The number of nitrogens with zero attached hydrogens (tertiary/aromatic N) is 1. The Kier molecular flexibility index (Phi) is 5.72. The Morgan fingerprint density at radius 1 is 1.30 bits per heavy atom. The van der Waals surface area contributed by atoms with Crippen LogP contribution in [0.25, 0.3) is 0 Å². The molecule has 0 amide bonds. The summed E-state index contributed by atoms with van der Waals surface area (Å²) in [6.07, 6.45) is -0.000835. The van der Waals surface area contributed by atoms with Gasteiger partial charge in [0.05, 0.1) is 6.10 Å². The summed E-state index contributed by atoms with van der Waals surface area (Å²) >= 11 is 0. The fraction of sp³-hybridized carbons (Fsp3) is 0.647. The van der Waals surface area contributed by atoms with Crippen molar-refractivity contribution < 1.29 is 9.50 Å². The number of hydrogen-bond acceptors (Lipinski definition) is 2. The van der Waals surface area contributed by atoms with Gasteiger partial charge < -0.3 is 10.0 Å². The Morgan fingerprint density at radius 2 is 1.90 bits per heavy atom. The number of rotatable bonds is 5. The summed E-state index contributed by atoms with van der Waals surface area (Å²) in [5.41, 5.74) is 1.47. The van der Waals surface area contributed by atoms with Gasteiger partial charge in [0, 0.05) is 12.6 Å². The number of aliphatic hydroxyl groups is 1. The summed E-state index contributed by atoms with van der Waals surface area (Å²) in [4.78, 5) is 2.24. The summed E-state index contributed by atoms with van der Waals surface area (Å²) in [5, 5.41) is 10.2. The molecule has 0 aliphatic carbocycles. The molecule has 1 rings (SSSR count). The minimum Gasteiger partial charge on any atom is -0.388 e. The Morgan fingerprint density at radius 3 is 2.40 bits per heavy atom. The van der Waals surface area contributed by atoms with Crippen molar-refractivity contribution in [1.29, 1.82) is 0 Å². The fourth-order valence-corrected chi connectivity index (χ4v) is 2.16. The minimum atomic E-state index is -0.611. The highest BCUT2D eigenvalue weighted by Crippen LogP contribution is 2.25. The van der Waals surface area contributed by atoms with Crippen LogP contribution < -0.4 is 0 Å². The number of aliphatic hydroxyl groups excluding tert-OH is 1. The van der Waals surface area contributed by atoms with E-state index in [2.05, 4.69) is 39.6 Å². The standard InChI is InChI=1S/C17H28FNO/c1-12-7-8-14(11-15(12)18)16(20)9-10-19(6)13(2)17(3,4)5/h7-8,11,13,16,20H,9-10H2,1-6H3. The maximum atomic E-state index is 13.5. The van der Waals surface area contributed by atoms with Crippen LogP contribution in [-0.4, -0.2) is 29.6 Å². The molecule has 114 valence electrons. The average molecular weight is 281 g/mol. The molecule has 3 heteroatoms. The van der Waals surface area contributed by atoms with Crippen LogP contribution in [0.3, 0.4) is 0 Å². The zero-order valence-electron chi connectivity index (χ0n) is 13.6. The van der Waals surface area contributed by atoms with Gasteiger partial charge in [-0.05, 0) is 49.9 Å². The van der Waals surface area contributed by atoms with Crippen LogP contribution in [0.2, 0.25) is 0 Å². The van der Waals surface area contributed by atoms with E-state index in [9.17, 15) is 9.50 Å². The molecule has 0 aromatic heterocycles. The van der Waals surface area contributed by atoms with Gasteiger partial charge in [-0.15, -0.1) is 0 Å². The second kappa shape index (κ2) is 6.68. The van der Waals surface area contributed by atoms with Gasteiger partial charge in [-0.1, -0.05) is 32.9 Å². The first-order valence-electron chi connectivity index (χ1n) is 7.27. The number of hydrogen-bond donors (Lipinski definition) is 1. The topological polar surface area (TPSA) is 23.5 Å². The highest BCUT2D eigenvalue weighted by Gasteiger charge is 2.24. The monoisotopic (exact) mass is 281 g/mol. The Bertz CT molecular complexity index is 439. The van der Waals surface area contributed by atoms with Gasteiger partial charge in [-0.3, -0.25) is 0 Å². The first kappa shape index (κ1) is 17.1. The van der Waals surface area contributed by atoms with E-state index in [-0.39, 0.29) is 11.2 Å². The second-order valence-corrected chi connectivity index (χ2v) is 6.84. The van der Waals surface area contributed by atoms with Crippen molar-refractivity contribution in [2.45, 2.75) is 53.2 Å². The van der Waals surface area contributed by atoms with Crippen LogP contribution in [0.4, 0.5) is 4.39 Å². The number of halogens is 1. The van der Waals surface area contributed by atoms with E-state index in [1.165, 1.54) is 6.07 Å². The predicted octanol–water partition coefficient (Wildman–Crippen LogP) is 3.92. The summed E-state index contributed by atoms with van der Waals surface area (Å²) in [6.45, 7) is 11.3. The highest BCUT2D eigenvalue weighted by atomic mass is 19.1. The molecule has 0 fully saturated rings. The lowest BCUT2D eigenvalue weighted by Gasteiger charge is -2.35. The third-order valence-electron chi connectivity index (χ3n) is 4.25. The maximum Gasteiger partial charge on any atom is 0.126 e. The third kappa shape index (κ3) is 4.57. The maximum absolute atomic E-state index is 13.5. The molecule has 2 unspecified atom stereocenters. The molecule has 0 bridgehead atoms. The normalized spacial score (nSPS) is 15.4. The van der Waals surface area contributed by atoms with Crippen LogP contribution in [0.15, 0.2) is 18.2 Å². The van der Waals surface area contributed by atoms with E-state index in [0.717, 1.165) is 6.54 Å². The molecule has 2 nitrogen and oxygen atoms in total. The zero-order chi connectivity index (χ0) is 15.5. The minimum absolute atomic E-state index is 0.204. The van der Waals surface area contributed by atoms with E-state index in [1.54, 1.807) is 19.1 Å². The van der Waals surface area contributed by atoms with Crippen LogP contribution in [0.1, 0.15) is 51.3 Å². The molecule has 0 aliphatic rings. The molecule has 0 aliphatic heterocycles. The molecule has 1 N–H and O–H groups in total. The van der Waals surface area contributed by atoms with Gasteiger partial charge in [0.15, 0.2) is 0 Å². The van der Waals surface area contributed by atoms with Gasteiger partial charge in [-0.2, -0.15) is 0 Å². The van der Waals surface area contributed by atoms with Crippen LogP contribution in [0, 0.1) is 18.2 Å². The summed E-state index contributed by atoms with van der Waals surface area (Å²) in [6, 6.07) is 5.38. The largest absolute Gasteiger partial charge is 0.388 e. The Balaban J connectivity index is 2.59. The van der Waals surface area contributed by atoms with Crippen molar-refractivity contribution >= 4 is 0 Å². The highest BCUT2D eigenvalue weighted by molar-refractivity contribution is 5.24. The van der Waals surface area contributed by atoms with Crippen LogP contribution >= 0.6 is 0 Å². The number of benzene rings is 1. The smallest absolute Gasteiger partial charge is 0.126 e. The average Bonchev–Trinajstić information content (AvgIpc) is 2.36. The summed E-state index contributed by atoms with van der Waals surface area (Å²) in [5.74, 6) is -0.252. The molecule has 0 heterocycles. The Hall–Kier alpha value is -0.930. The van der Waals surface area contributed by atoms with Gasteiger partial charge >= 0.3 is 0 Å². The van der Waals surface area contributed by atoms with Crippen molar-refractivity contribution in [3.05, 3.63) is 35.1 Å². The van der Waals surface area contributed by atoms with Crippen LogP contribution in [-0.2, 0) is 0 Å². The molecule has 0 saturated carbocycles. The van der Waals surface area contributed by atoms with Crippen molar-refractivity contribution in [1.82, 2.24) is 4.90 Å². The molecule has 1 aromatic rings. The van der Waals surface area contributed by atoms with E-state index in [4.69, 9.17) is 0 Å². The van der Waals surface area contributed by atoms with Gasteiger partial charge in [0.1, 0.15) is 5.82 Å². The quantitative estimate of drug-likeness (QED) is 0.884. The molecular formula is C17H28FNO. The van der Waals surface area contributed by atoms with E-state index >= 15 is 0 Å². The Labute approximate surface area is 122 Å². The first-order chi connectivity index (χ1) is 9.12. The lowest BCUT2D eigenvalue weighted by Crippen LogP contribution is -2.40. The van der Waals surface area contributed by atoms with Gasteiger partial charge in [0.2, 0.25) is 0 Å². The van der Waals surface area contributed by atoms with E-state index < -0.39 is 6.10 Å². The predicted molar refractivity (Wildman–Crippen MR) is 82.3 cm³/mol. The zero-order valence-corrected chi connectivity index (χ0v) is 13.6.